The van der Waals surface area contributed by atoms with Crippen LogP contribution in [0.2, 0.25) is 0 Å². The van der Waals surface area contributed by atoms with Gasteiger partial charge in [0.2, 0.25) is 0 Å². The predicted octanol–water partition coefficient (Wildman–Crippen LogP) is 3.90. The monoisotopic (exact) mass is 429 g/mol. The molecule has 4 rings (SSSR count). The highest BCUT2D eigenvalue weighted by atomic mass is 79.9. The second kappa shape index (κ2) is 6.66. The summed E-state index contributed by atoms with van der Waals surface area (Å²) in [5, 5.41) is 19.8. The summed E-state index contributed by atoms with van der Waals surface area (Å²) in [6.45, 7) is 4.33. The quantitative estimate of drug-likeness (QED) is 0.660. The summed E-state index contributed by atoms with van der Waals surface area (Å²) in [6.07, 6.45) is -0.00657. The molecule has 0 aliphatic heterocycles. The van der Waals surface area contributed by atoms with Crippen LogP contribution in [0.25, 0.3) is 10.9 Å². The summed E-state index contributed by atoms with van der Waals surface area (Å²) in [5.74, 6) is 0.725. The third-order valence-electron chi connectivity index (χ3n) is 5.63. The van der Waals surface area contributed by atoms with Crippen LogP contribution < -0.4 is 4.74 Å². The fourth-order valence-corrected chi connectivity index (χ4v) is 4.79. The lowest BCUT2D eigenvalue weighted by molar-refractivity contribution is 0.0536. The number of hydrogen-bond donors (Lipinski definition) is 2. The molecule has 4 nitrogen and oxygen atoms in total. The van der Waals surface area contributed by atoms with Gasteiger partial charge in [0, 0.05) is 40.0 Å². The smallest absolute Gasteiger partial charge is 0.119 e. The van der Waals surface area contributed by atoms with E-state index in [0.717, 1.165) is 16.6 Å². The molecular weight excluding hydrogens is 406 g/mol. The van der Waals surface area contributed by atoms with Gasteiger partial charge in [-0.25, -0.2) is 0 Å². The van der Waals surface area contributed by atoms with Crippen molar-refractivity contribution < 1.29 is 14.9 Å². The largest absolute Gasteiger partial charge is 0.491 e. The maximum atomic E-state index is 9.53. The van der Waals surface area contributed by atoms with Crippen molar-refractivity contribution in [2.75, 3.05) is 13.2 Å². The molecule has 2 N–H and O–H groups in total. The van der Waals surface area contributed by atoms with Gasteiger partial charge in [-0.2, -0.15) is 0 Å². The zero-order chi connectivity index (χ0) is 19.3. The van der Waals surface area contributed by atoms with Crippen LogP contribution in [-0.4, -0.2) is 34.1 Å². The number of ether oxygens (including phenoxy) is 1. The first-order chi connectivity index (χ1) is 12.8. The number of benzene rings is 2. The first kappa shape index (κ1) is 18.5. The standard InChI is InChI=1S/C22H24BrNO3/c1-22(2)19-7-5-16(27-12-15(26)11-25)8-13(19)9-18-17-6-4-14(23)10-20(17)24(3)21(18)22/h4-8,10,15,25-26H,9,11-12H2,1-3H3/t15-/m1/s1. The molecule has 3 aromatic rings. The van der Waals surface area contributed by atoms with Crippen molar-refractivity contribution in [3.8, 4) is 5.75 Å². The number of aliphatic hydroxyl groups is 2. The van der Waals surface area contributed by atoms with E-state index < -0.39 is 6.10 Å². The summed E-state index contributed by atoms with van der Waals surface area (Å²) in [5.41, 5.74) is 6.39. The molecule has 0 saturated carbocycles. The molecule has 0 saturated heterocycles. The van der Waals surface area contributed by atoms with E-state index in [1.807, 2.05) is 6.07 Å². The van der Waals surface area contributed by atoms with Crippen LogP contribution in [0.1, 0.15) is 36.2 Å². The van der Waals surface area contributed by atoms with Gasteiger partial charge in [0.05, 0.1) is 6.61 Å². The number of halogens is 1. The minimum atomic E-state index is -0.861. The van der Waals surface area contributed by atoms with E-state index in [9.17, 15) is 5.11 Å². The summed E-state index contributed by atoms with van der Waals surface area (Å²) in [4.78, 5) is 0. The van der Waals surface area contributed by atoms with Crippen LogP contribution in [0.5, 0.6) is 5.75 Å². The molecule has 0 amide bonds. The minimum Gasteiger partial charge on any atom is -0.491 e. The molecule has 142 valence electrons. The van der Waals surface area contributed by atoms with Crippen LogP contribution in [-0.2, 0) is 18.9 Å². The Morgan fingerprint density at radius 3 is 2.74 bits per heavy atom. The first-order valence-electron chi connectivity index (χ1n) is 9.15. The molecule has 0 fully saturated rings. The van der Waals surface area contributed by atoms with E-state index in [0.29, 0.717) is 0 Å². The Morgan fingerprint density at radius 2 is 2.00 bits per heavy atom. The number of rotatable bonds is 4. The Bertz CT molecular complexity index is 1020. The van der Waals surface area contributed by atoms with Crippen LogP contribution in [0, 0.1) is 0 Å². The van der Waals surface area contributed by atoms with Crippen molar-refractivity contribution >= 4 is 26.8 Å². The van der Waals surface area contributed by atoms with Crippen LogP contribution in [0.3, 0.4) is 0 Å². The molecule has 0 unspecified atom stereocenters. The number of hydrogen-bond acceptors (Lipinski definition) is 3. The maximum absolute atomic E-state index is 9.53. The topological polar surface area (TPSA) is 54.6 Å². The summed E-state index contributed by atoms with van der Waals surface area (Å²) < 4.78 is 9.07. The van der Waals surface area contributed by atoms with E-state index in [1.165, 1.54) is 33.3 Å². The predicted molar refractivity (Wildman–Crippen MR) is 111 cm³/mol. The lowest BCUT2D eigenvalue weighted by Gasteiger charge is -2.34. The van der Waals surface area contributed by atoms with Crippen molar-refractivity contribution in [3.63, 3.8) is 0 Å². The Morgan fingerprint density at radius 1 is 1.22 bits per heavy atom. The minimum absolute atomic E-state index is 0.0895. The highest BCUT2D eigenvalue weighted by Gasteiger charge is 2.36. The highest BCUT2D eigenvalue weighted by Crippen LogP contribution is 2.46. The van der Waals surface area contributed by atoms with Gasteiger partial charge < -0.3 is 19.5 Å². The summed E-state index contributed by atoms with van der Waals surface area (Å²) in [6, 6.07) is 12.6. The van der Waals surface area contributed by atoms with Gasteiger partial charge >= 0.3 is 0 Å². The fourth-order valence-electron chi connectivity index (χ4n) is 4.44. The fraction of sp³-hybridized carbons (Fsp3) is 0.364. The molecule has 27 heavy (non-hydrogen) atoms. The van der Waals surface area contributed by atoms with Crippen molar-refractivity contribution in [1.29, 1.82) is 0 Å². The molecule has 1 aliphatic rings. The Balaban J connectivity index is 1.80. The molecular formula is C22H24BrNO3. The van der Waals surface area contributed by atoms with E-state index in [1.54, 1.807) is 0 Å². The third kappa shape index (κ3) is 2.98. The second-order valence-corrected chi connectivity index (χ2v) is 8.73. The molecule has 1 aliphatic carbocycles. The maximum Gasteiger partial charge on any atom is 0.119 e. The van der Waals surface area contributed by atoms with Crippen molar-refractivity contribution in [2.24, 2.45) is 7.05 Å². The number of aryl methyl sites for hydroxylation is 1. The molecule has 5 heteroatoms. The van der Waals surface area contributed by atoms with Crippen LogP contribution in [0.4, 0.5) is 0 Å². The third-order valence-corrected chi connectivity index (χ3v) is 6.12. The zero-order valence-electron chi connectivity index (χ0n) is 15.8. The molecule has 0 bridgehead atoms. The van der Waals surface area contributed by atoms with Gasteiger partial charge in [0.1, 0.15) is 18.5 Å². The Labute approximate surface area is 167 Å². The van der Waals surface area contributed by atoms with Gasteiger partial charge in [-0.1, -0.05) is 41.9 Å². The summed E-state index contributed by atoms with van der Waals surface area (Å²) in [7, 11) is 2.15. The van der Waals surface area contributed by atoms with E-state index in [4.69, 9.17) is 9.84 Å². The van der Waals surface area contributed by atoms with Crippen molar-refractivity contribution in [3.05, 3.63) is 63.3 Å². The average Bonchev–Trinajstić information content (AvgIpc) is 2.91. The Kier molecular flexibility index (Phi) is 4.57. The normalized spacial score (nSPS) is 16.1. The molecule has 2 aromatic carbocycles. The molecule has 1 atom stereocenters. The van der Waals surface area contributed by atoms with Crippen molar-refractivity contribution in [1.82, 2.24) is 4.57 Å². The summed E-state index contributed by atoms with van der Waals surface area (Å²) >= 11 is 3.59. The van der Waals surface area contributed by atoms with Gasteiger partial charge in [-0.15, -0.1) is 0 Å². The van der Waals surface area contributed by atoms with E-state index in [2.05, 4.69) is 71.7 Å². The molecule has 0 radical (unpaired) electrons. The molecule has 0 spiro atoms. The van der Waals surface area contributed by atoms with Crippen molar-refractivity contribution in [2.45, 2.75) is 31.8 Å². The number of nitrogens with zero attached hydrogens (tertiary/aromatic N) is 1. The van der Waals surface area contributed by atoms with Gasteiger partial charge in [0.25, 0.3) is 0 Å². The SMILES string of the molecule is Cn1c2c(c3ccc(Br)cc31)Cc1cc(OC[C@H](O)CO)ccc1C2(C)C. The van der Waals surface area contributed by atoms with E-state index >= 15 is 0 Å². The highest BCUT2D eigenvalue weighted by molar-refractivity contribution is 9.10. The van der Waals surface area contributed by atoms with Crippen LogP contribution in [0.15, 0.2) is 40.9 Å². The second-order valence-electron chi connectivity index (χ2n) is 7.82. The van der Waals surface area contributed by atoms with Gasteiger partial charge in [-0.05, 0) is 41.0 Å². The number of aromatic nitrogens is 1. The van der Waals surface area contributed by atoms with E-state index in [-0.39, 0.29) is 18.6 Å². The lowest BCUT2D eigenvalue weighted by atomic mass is 9.71. The average molecular weight is 430 g/mol. The van der Waals surface area contributed by atoms with Gasteiger partial charge in [-0.3, -0.25) is 0 Å². The molecule has 1 aromatic heterocycles. The number of fused-ring (bicyclic) bond motifs is 4. The van der Waals surface area contributed by atoms with Gasteiger partial charge in [0.15, 0.2) is 0 Å². The van der Waals surface area contributed by atoms with Crippen LogP contribution >= 0.6 is 15.9 Å². The Hall–Kier alpha value is -1.82. The molecule has 1 heterocycles. The zero-order valence-corrected chi connectivity index (χ0v) is 17.4. The number of aliphatic hydroxyl groups excluding tert-OH is 2. The lowest BCUT2D eigenvalue weighted by Crippen LogP contribution is -2.29. The first-order valence-corrected chi connectivity index (χ1v) is 9.94.